The van der Waals surface area contributed by atoms with Crippen LogP contribution >= 0.6 is 27.5 Å². The standard InChI is InChI=1S/C27H22BrClFN3O3/c1-35-25-12-10-18(14-19(25)17-36-20-6-3-2-4-7-20)11-13-26(34)31-27-22(28)16-33(32-27)15-21-23(29)8-5-9-24(21)30/h2-14,16H,15,17H2,1H3,(H,31,32,34)/b13-11+. The maximum atomic E-state index is 14.1. The monoisotopic (exact) mass is 569 g/mol. The molecule has 0 aliphatic heterocycles. The molecule has 6 nitrogen and oxygen atoms in total. The van der Waals surface area contributed by atoms with Crippen molar-refractivity contribution in [2.24, 2.45) is 0 Å². The molecule has 0 spiro atoms. The third-order valence-corrected chi connectivity index (χ3v) is 6.14. The highest BCUT2D eigenvalue weighted by Gasteiger charge is 2.13. The predicted molar refractivity (Wildman–Crippen MR) is 142 cm³/mol. The summed E-state index contributed by atoms with van der Waals surface area (Å²) in [6, 6.07) is 19.6. The molecule has 0 radical (unpaired) electrons. The number of para-hydroxylation sites is 1. The lowest BCUT2D eigenvalue weighted by molar-refractivity contribution is -0.111. The Hall–Kier alpha value is -3.62. The summed E-state index contributed by atoms with van der Waals surface area (Å²) in [6.45, 7) is 0.437. The van der Waals surface area contributed by atoms with Gasteiger partial charge in [-0.1, -0.05) is 41.9 Å². The molecule has 1 amide bonds. The molecule has 3 aromatic carbocycles. The second kappa shape index (κ2) is 11.9. The topological polar surface area (TPSA) is 65.4 Å². The molecule has 1 aromatic heterocycles. The normalized spacial score (nSPS) is 11.0. The van der Waals surface area contributed by atoms with E-state index in [0.717, 1.165) is 16.9 Å². The number of anilines is 1. The first-order chi connectivity index (χ1) is 17.4. The van der Waals surface area contributed by atoms with Crippen molar-refractivity contribution in [3.63, 3.8) is 0 Å². The zero-order valence-corrected chi connectivity index (χ0v) is 21.6. The number of ether oxygens (including phenoxy) is 2. The average molecular weight is 571 g/mol. The number of carbonyl (C=O) groups excluding carboxylic acids is 1. The van der Waals surface area contributed by atoms with E-state index < -0.39 is 5.82 Å². The molecular weight excluding hydrogens is 549 g/mol. The first kappa shape index (κ1) is 25.5. The number of aromatic nitrogens is 2. The number of nitrogens with zero attached hydrogens (tertiary/aromatic N) is 2. The van der Waals surface area contributed by atoms with Crippen LogP contribution in [0.4, 0.5) is 10.2 Å². The van der Waals surface area contributed by atoms with Gasteiger partial charge in [-0.25, -0.2) is 4.39 Å². The Morgan fingerprint density at radius 3 is 2.72 bits per heavy atom. The summed E-state index contributed by atoms with van der Waals surface area (Å²) in [5.41, 5.74) is 1.96. The first-order valence-corrected chi connectivity index (χ1v) is 12.1. The summed E-state index contributed by atoms with van der Waals surface area (Å²) in [6.07, 6.45) is 4.73. The molecule has 0 aliphatic rings. The third-order valence-electron chi connectivity index (χ3n) is 5.21. The Labute approximate surface area is 221 Å². The number of hydrogen-bond donors (Lipinski definition) is 1. The van der Waals surface area contributed by atoms with E-state index in [-0.39, 0.29) is 12.5 Å². The molecule has 4 aromatic rings. The number of amides is 1. The lowest BCUT2D eigenvalue weighted by atomic mass is 10.1. The van der Waals surface area contributed by atoms with E-state index in [1.165, 1.54) is 16.8 Å². The van der Waals surface area contributed by atoms with Crippen LogP contribution < -0.4 is 14.8 Å². The van der Waals surface area contributed by atoms with E-state index in [2.05, 4.69) is 26.3 Å². The van der Waals surface area contributed by atoms with Crippen LogP contribution in [0.1, 0.15) is 16.7 Å². The molecule has 4 rings (SSSR count). The van der Waals surface area contributed by atoms with Crippen LogP contribution in [0.15, 0.2) is 83.5 Å². The van der Waals surface area contributed by atoms with Crippen LogP contribution in [-0.4, -0.2) is 22.8 Å². The molecule has 0 aliphatic carbocycles. The number of hydrogen-bond acceptors (Lipinski definition) is 4. The SMILES string of the molecule is COc1ccc(/C=C/C(=O)Nc2nn(Cc3c(F)cccc3Cl)cc2Br)cc1COc1ccccc1. The second-order valence-corrected chi connectivity index (χ2v) is 8.98. The highest BCUT2D eigenvalue weighted by Crippen LogP contribution is 2.25. The molecule has 9 heteroatoms. The van der Waals surface area contributed by atoms with Gasteiger partial charge >= 0.3 is 0 Å². The fourth-order valence-corrected chi connectivity index (χ4v) is 4.07. The minimum Gasteiger partial charge on any atom is -0.496 e. The van der Waals surface area contributed by atoms with Gasteiger partial charge in [0.05, 0.1) is 18.1 Å². The minimum atomic E-state index is -0.421. The smallest absolute Gasteiger partial charge is 0.249 e. The summed E-state index contributed by atoms with van der Waals surface area (Å²) in [5.74, 6) is 0.960. The molecule has 184 valence electrons. The zero-order valence-electron chi connectivity index (χ0n) is 19.3. The fourth-order valence-electron chi connectivity index (χ4n) is 3.43. The average Bonchev–Trinajstić information content (AvgIpc) is 3.22. The van der Waals surface area contributed by atoms with Crippen molar-refractivity contribution >= 4 is 45.3 Å². The maximum absolute atomic E-state index is 14.1. The van der Waals surface area contributed by atoms with Gasteiger partial charge in [0.15, 0.2) is 5.82 Å². The predicted octanol–water partition coefficient (Wildman–Crippen LogP) is 6.73. The molecule has 0 fully saturated rings. The Morgan fingerprint density at radius 1 is 1.17 bits per heavy atom. The lowest BCUT2D eigenvalue weighted by Crippen LogP contribution is -2.10. The van der Waals surface area contributed by atoms with Gasteiger partial charge < -0.3 is 14.8 Å². The van der Waals surface area contributed by atoms with Gasteiger partial charge in [-0.15, -0.1) is 0 Å². The van der Waals surface area contributed by atoms with E-state index >= 15 is 0 Å². The molecule has 0 saturated carbocycles. The highest BCUT2D eigenvalue weighted by molar-refractivity contribution is 9.10. The lowest BCUT2D eigenvalue weighted by Gasteiger charge is -2.11. The van der Waals surface area contributed by atoms with Crippen molar-refractivity contribution in [3.8, 4) is 11.5 Å². The van der Waals surface area contributed by atoms with Gasteiger partial charge in [-0.2, -0.15) is 5.10 Å². The van der Waals surface area contributed by atoms with Crippen molar-refractivity contribution in [2.45, 2.75) is 13.2 Å². The van der Waals surface area contributed by atoms with E-state index in [1.54, 1.807) is 31.5 Å². The van der Waals surface area contributed by atoms with Gasteiger partial charge in [0.1, 0.15) is 23.9 Å². The van der Waals surface area contributed by atoms with E-state index in [9.17, 15) is 9.18 Å². The van der Waals surface area contributed by atoms with Crippen LogP contribution in [-0.2, 0) is 17.9 Å². The van der Waals surface area contributed by atoms with Crippen LogP contribution in [0.25, 0.3) is 6.08 Å². The van der Waals surface area contributed by atoms with Crippen molar-refractivity contribution in [2.75, 3.05) is 12.4 Å². The second-order valence-electron chi connectivity index (χ2n) is 7.72. The minimum absolute atomic E-state index is 0.121. The van der Waals surface area contributed by atoms with Crippen molar-refractivity contribution in [1.82, 2.24) is 9.78 Å². The Balaban J connectivity index is 1.41. The Bertz CT molecular complexity index is 1370. The van der Waals surface area contributed by atoms with E-state index in [4.69, 9.17) is 21.1 Å². The first-order valence-electron chi connectivity index (χ1n) is 10.9. The quantitative estimate of drug-likeness (QED) is 0.227. The van der Waals surface area contributed by atoms with E-state index in [0.29, 0.717) is 33.2 Å². The molecule has 0 atom stereocenters. The van der Waals surface area contributed by atoms with Crippen LogP contribution in [0.3, 0.4) is 0 Å². The molecular formula is C27H22BrClFN3O3. The summed E-state index contributed by atoms with van der Waals surface area (Å²) >= 11 is 9.48. The zero-order chi connectivity index (χ0) is 25.5. The summed E-state index contributed by atoms with van der Waals surface area (Å²) in [7, 11) is 1.60. The van der Waals surface area contributed by atoms with Crippen molar-refractivity contribution in [3.05, 3.63) is 111 Å². The third kappa shape index (κ3) is 6.53. The van der Waals surface area contributed by atoms with Gasteiger partial charge in [-0.3, -0.25) is 9.48 Å². The number of halogens is 3. The maximum Gasteiger partial charge on any atom is 0.249 e. The molecule has 1 N–H and O–H groups in total. The van der Waals surface area contributed by atoms with Crippen molar-refractivity contribution < 1.29 is 18.7 Å². The Kier molecular flexibility index (Phi) is 8.40. The van der Waals surface area contributed by atoms with Crippen LogP contribution in [0.2, 0.25) is 5.02 Å². The molecule has 0 unspecified atom stereocenters. The van der Waals surface area contributed by atoms with Crippen LogP contribution in [0.5, 0.6) is 11.5 Å². The molecule has 0 saturated heterocycles. The summed E-state index contributed by atoms with van der Waals surface area (Å²) in [4.78, 5) is 12.5. The number of carbonyl (C=O) groups is 1. The number of nitrogens with one attached hydrogen (secondary N) is 1. The summed E-state index contributed by atoms with van der Waals surface area (Å²) < 4.78 is 27.4. The molecule has 36 heavy (non-hydrogen) atoms. The number of rotatable bonds is 9. The Morgan fingerprint density at radius 2 is 1.97 bits per heavy atom. The molecule has 0 bridgehead atoms. The van der Waals surface area contributed by atoms with Gasteiger partial charge in [0, 0.05) is 28.4 Å². The van der Waals surface area contributed by atoms with E-state index in [1.807, 2.05) is 48.5 Å². The largest absolute Gasteiger partial charge is 0.496 e. The fraction of sp³-hybridized carbons (Fsp3) is 0.111. The van der Waals surface area contributed by atoms with Gasteiger partial charge in [0.25, 0.3) is 0 Å². The van der Waals surface area contributed by atoms with Gasteiger partial charge in [-0.05, 0) is 64.0 Å². The van der Waals surface area contributed by atoms with Gasteiger partial charge in [0.2, 0.25) is 5.91 Å². The number of benzene rings is 3. The van der Waals surface area contributed by atoms with Crippen molar-refractivity contribution in [1.29, 1.82) is 0 Å². The highest BCUT2D eigenvalue weighted by atomic mass is 79.9. The van der Waals surface area contributed by atoms with Crippen LogP contribution in [0, 0.1) is 5.82 Å². The molecule has 1 heterocycles. The number of methoxy groups -OCH3 is 1. The summed E-state index contributed by atoms with van der Waals surface area (Å²) in [5, 5.41) is 7.35.